The molecule has 4 N–H and O–H groups in total. The Hall–Kier alpha value is -1.47. The SMILES string of the molecule is C[C@H](C1CC1)[C@@H](O)C(=O)[N+]1(C(=O)NCc2cc(Cl)ccc2CN)CCC1. The van der Waals surface area contributed by atoms with E-state index in [1.165, 1.54) is 0 Å². The summed E-state index contributed by atoms with van der Waals surface area (Å²) in [7, 11) is 0. The molecule has 1 saturated heterocycles. The second kappa shape index (κ2) is 7.64. The van der Waals surface area contributed by atoms with Gasteiger partial charge in [0.1, 0.15) is 13.1 Å². The summed E-state index contributed by atoms with van der Waals surface area (Å²) < 4.78 is -0.309. The number of nitrogens with two attached hydrogens (primary N) is 1. The van der Waals surface area contributed by atoms with E-state index in [-0.39, 0.29) is 28.9 Å². The number of carbonyl (C=O) groups is 2. The largest absolute Gasteiger partial charge is 0.424 e. The van der Waals surface area contributed by atoms with Crippen molar-refractivity contribution in [3.05, 3.63) is 34.3 Å². The summed E-state index contributed by atoms with van der Waals surface area (Å²) in [5.74, 6) is -0.0714. The molecule has 2 atom stereocenters. The Morgan fingerprint density at radius 1 is 1.35 bits per heavy atom. The molecule has 7 heteroatoms. The molecule has 1 aromatic rings. The number of aliphatic hydroxyl groups excluding tert-OH is 1. The minimum Gasteiger partial charge on any atom is -0.379 e. The molecule has 1 heterocycles. The summed E-state index contributed by atoms with van der Waals surface area (Å²) in [4.78, 5) is 25.7. The summed E-state index contributed by atoms with van der Waals surface area (Å²) in [6, 6.07) is 5.02. The van der Waals surface area contributed by atoms with Crippen molar-refractivity contribution in [2.45, 2.75) is 45.4 Å². The third-order valence-corrected chi connectivity index (χ3v) is 6.06. The lowest BCUT2D eigenvalue weighted by atomic mass is 9.95. The van der Waals surface area contributed by atoms with E-state index in [2.05, 4.69) is 5.32 Å². The van der Waals surface area contributed by atoms with Crippen LogP contribution in [0.2, 0.25) is 5.02 Å². The van der Waals surface area contributed by atoms with Crippen molar-refractivity contribution in [3.8, 4) is 0 Å². The number of imide groups is 1. The van der Waals surface area contributed by atoms with Crippen LogP contribution in [0, 0.1) is 11.8 Å². The predicted octanol–water partition coefficient (Wildman–Crippen LogP) is 2.16. The van der Waals surface area contributed by atoms with Gasteiger partial charge in [0.2, 0.25) is 0 Å². The van der Waals surface area contributed by atoms with Crippen LogP contribution >= 0.6 is 11.6 Å². The minimum absolute atomic E-state index is 0.0947. The lowest BCUT2D eigenvalue weighted by molar-refractivity contribution is -0.818. The van der Waals surface area contributed by atoms with E-state index in [1.54, 1.807) is 12.1 Å². The molecule has 3 rings (SSSR count). The minimum atomic E-state index is -1.08. The topological polar surface area (TPSA) is 92.4 Å². The highest BCUT2D eigenvalue weighted by atomic mass is 35.5. The summed E-state index contributed by atoms with van der Waals surface area (Å²) in [6.45, 7) is 3.39. The van der Waals surface area contributed by atoms with Gasteiger partial charge in [0, 0.05) is 24.5 Å². The van der Waals surface area contributed by atoms with Crippen molar-refractivity contribution >= 4 is 23.5 Å². The first-order valence-corrected chi connectivity index (χ1v) is 9.62. The Labute approximate surface area is 158 Å². The molecule has 1 saturated carbocycles. The molecular formula is C19H27ClN3O3+. The molecule has 142 valence electrons. The summed E-state index contributed by atoms with van der Waals surface area (Å²) in [6.07, 6.45) is 1.82. The van der Waals surface area contributed by atoms with E-state index in [9.17, 15) is 14.7 Å². The molecule has 3 amide bonds. The highest BCUT2D eigenvalue weighted by molar-refractivity contribution is 6.30. The van der Waals surface area contributed by atoms with Crippen LogP contribution in [0.15, 0.2) is 18.2 Å². The van der Waals surface area contributed by atoms with Gasteiger partial charge in [-0.05, 0) is 47.9 Å². The van der Waals surface area contributed by atoms with Crippen LogP contribution < -0.4 is 11.1 Å². The van der Waals surface area contributed by atoms with Crippen LogP contribution in [0.25, 0.3) is 0 Å². The van der Waals surface area contributed by atoms with Gasteiger partial charge in [-0.1, -0.05) is 24.6 Å². The molecule has 2 aliphatic rings. The van der Waals surface area contributed by atoms with Gasteiger partial charge in [-0.15, -0.1) is 0 Å². The van der Waals surface area contributed by atoms with E-state index in [0.717, 1.165) is 30.4 Å². The van der Waals surface area contributed by atoms with Crippen molar-refractivity contribution in [1.29, 1.82) is 0 Å². The summed E-state index contributed by atoms with van der Waals surface area (Å²) in [5, 5.41) is 13.9. The average molecular weight is 381 g/mol. The van der Waals surface area contributed by atoms with Crippen LogP contribution in [-0.2, 0) is 17.9 Å². The highest BCUT2D eigenvalue weighted by Crippen LogP contribution is 2.39. The first-order valence-electron chi connectivity index (χ1n) is 9.24. The highest BCUT2D eigenvalue weighted by Gasteiger charge is 2.54. The molecular weight excluding hydrogens is 354 g/mol. The Balaban J connectivity index is 1.69. The number of likely N-dealkylation sites (tertiary alicyclic amines) is 1. The van der Waals surface area contributed by atoms with Crippen molar-refractivity contribution in [3.63, 3.8) is 0 Å². The van der Waals surface area contributed by atoms with Crippen LogP contribution in [0.5, 0.6) is 0 Å². The van der Waals surface area contributed by atoms with Gasteiger partial charge in [0.05, 0.1) is 0 Å². The summed E-state index contributed by atoms with van der Waals surface area (Å²) in [5.41, 5.74) is 7.48. The van der Waals surface area contributed by atoms with E-state index >= 15 is 0 Å². The number of hydrogen-bond acceptors (Lipinski definition) is 4. The standard InChI is InChI=1S/C19H26ClN3O3/c1-12(13-3-4-13)17(24)18(25)23(7-2-8-23)19(26)22-11-15-9-16(20)6-5-14(15)10-21/h5-6,9,12-13,17,24H,2-4,7-8,10-11,21H2,1H3/p+1/t12-,17-/m1/s1. The van der Waals surface area contributed by atoms with Gasteiger partial charge in [-0.25, -0.2) is 9.59 Å². The van der Waals surface area contributed by atoms with E-state index < -0.39 is 6.10 Å². The summed E-state index contributed by atoms with van der Waals surface area (Å²) >= 11 is 6.04. The first-order chi connectivity index (χ1) is 12.4. The number of quaternary nitrogens is 1. The van der Waals surface area contributed by atoms with Crippen molar-refractivity contribution in [2.24, 2.45) is 17.6 Å². The van der Waals surface area contributed by atoms with Crippen molar-refractivity contribution in [1.82, 2.24) is 5.32 Å². The number of benzene rings is 1. The number of amides is 3. The third kappa shape index (κ3) is 3.64. The number of nitrogens with one attached hydrogen (secondary N) is 1. The van der Waals surface area contributed by atoms with Gasteiger partial charge in [-0.2, -0.15) is 4.48 Å². The van der Waals surface area contributed by atoms with Gasteiger partial charge < -0.3 is 16.2 Å². The van der Waals surface area contributed by atoms with Gasteiger partial charge in [-0.3, -0.25) is 0 Å². The molecule has 6 nitrogen and oxygen atoms in total. The van der Waals surface area contributed by atoms with Gasteiger partial charge in [0.25, 0.3) is 0 Å². The Morgan fingerprint density at radius 3 is 2.58 bits per heavy atom. The fraction of sp³-hybridized carbons (Fsp3) is 0.579. The molecule has 1 aliphatic carbocycles. The van der Waals surface area contributed by atoms with Crippen molar-refractivity contribution < 1.29 is 19.2 Å². The quantitative estimate of drug-likeness (QED) is 0.659. The van der Waals surface area contributed by atoms with Gasteiger partial charge in [0.15, 0.2) is 6.10 Å². The fourth-order valence-corrected chi connectivity index (χ4v) is 3.83. The number of urea groups is 1. The second-order valence-corrected chi connectivity index (χ2v) is 7.96. The molecule has 0 radical (unpaired) electrons. The molecule has 1 aliphatic heterocycles. The van der Waals surface area contributed by atoms with Crippen LogP contribution in [0.1, 0.15) is 37.3 Å². The van der Waals surface area contributed by atoms with Gasteiger partial charge >= 0.3 is 11.9 Å². The monoisotopic (exact) mass is 380 g/mol. The zero-order valence-corrected chi connectivity index (χ0v) is 15.8. The normalized spacial score (nSPS) is 20.8. The Kier molecular flexibility index (Phi) is 5.67. The predicted molar refractivity (Wildman–Crippen MR) is 99.1 cm³/mol. The maximum Gasteiger partial charge on any atom is 0.424 e. The Bertz CT molecular complexity index is 701. The molecule has 26 heavy (non-hydrogen) atoms. The molecule has 0 unspecified atom stereocenters. The first kappa shape index (κ1) is 19.3. The fourth-order valence-electron chi connectivity index (χ4n) is 3.64. The number of carbonyl (C=O) groups excluding carboxylic acids is 2. The van der Waals surface area contributed by atoms with Crippen molar-refractivity contribution in [2.75, 3.05) is 13.1 Å². The van der Waals surface area contributed by atoms with Crippen LogP contribution in [0.4, 0.5) is 4.79 Å². The Morgan fingerprint density at radius 2 is 2.04 bits per heavy atom. The molecule has 2 fully saturated rings. The third-order valence-electron chi connectivity index (χ3n) is 5.83. The van der Waals surface area contributed by atoms with Crippen LogP contribution in [-0.4, -0.2) is 40.7 Å². The number of aliphatic hydroxyl groups is 1. The zero-order chi connectivity index (χ0) is 18.9. The average Bonchev–Trinajstić information content (AvgIpc) is 3.42. The second-order valence-electron chi connectivity index (χ2n) is 7.52. The molecule has 0 spiro atoms. The van der Waals surface area contributed by atoms with E-state index in [0.29, 0.717) is 30.6 Å². The smallest absolute Gasteiger partial charge is 0.379 e. The van der Waals surface area contributed by atoms with Crippen LogP contribution in [0.3, 0.4) is 0 Å². The van der Waals surface area contributed by atoms with E-state index in [4.69, 9.17) is 17.3 Å². The number of hydrogen-bond donors (Lipinski definition) is 3. The number of halogens is 1. The molecule has 0 bridgehead atoms. The lowest BCUT2D eigenvalue weighted by Crippen LogP contribution is -2.70. The number of nitrogens with zero attached hydrogens (tertiary/aromatic N) is 1. The maximum absolute atomic E-state index is 12.9. The molecule has 0 aromatic heterocycles. The zero-order valence-electron chi connectivity index (χ0n) is 15.1. The molecule has 1 aromatic carbocycles. The lowest BCUT2D eigenvalue weighted by Gasteiger charge is -2.41. The number of rotatable bonds is 6. The maximum atomic E-state index is 12.9. The van der Waals surface area contributed by atoms with E-state index in [1.807, 2.05) is 13.0 Å².